The first kappa shape index (κ1) is 67.0. The zero-order chi connectivity index (χ0) is 47.4. The fourth-order valence-corrected chi connectivity index (χ4v) is 7.04. The summed E-state index contributed by atoms with van der Waals surface area (Å²) in [5, 5.41) is 25.5. The molecule has 0 aliphatic heterocycles. The summed E-state index contributed by atoms with van der Waals surface area (Å²) in [4.78, 5) is 31.0. The molecule has 0 aliphatic rings. The zero-order valence-corrected chi connectivity index (χ0v) is 42.5. The van der Waals surface area contributed by atoms with Gasteiger partial charge in [0, 0.05) is 19.3 Å². The van der Waals surface area contributed by atoms with Gasteiger partial charge in [0.05, 0.1) is 0 Å². The molecule has 0 aliphatic carbocycles. The van der Waals surface area contributed by atoms with Crippen LogP contribution in [-0.2, 0) is 14.4 Å². The zero-order valence-electron chi connectivity index (χ0n) is 42.5. The average Bonchev–Trinajstić information content (AvgIpc) is 3.25. The molecule has 0 aromatic carbocycles. The lowest BCUT2D eigenvalue weighted by Gasteiger charge is -1.99. The monoisotopic (exact) mass is 889 g/mol. The number of aliphatic carboxylic acids is 3. The minimum absolute atomic E-state index is 0.332. The summed E-state index contributed by atoms with van der Waals surface area (Å²) in [5.74, 6) is -1.99. The Labute approximate surface area is 392 Å². The number of hydrogen-bond acceptors (Lipinski definition) is 3. The molecule has 0 unspecified atom stereocenters. The second kappa shape index (κ2) is 66.0. The highest BCUT2D eigenvalue weighted by atomic mass is 16.4. The molecule has 0 spiro atoms. The molecule has 0 atom stereocenters. The Balaban J connectivity index is -0.000000401. The van der Waals surface area contributed by atoms with Gasteiger partial charge in [0.15, 0.2) is 0 Å². The number of carbonyl (C=O) groups is 3. The minimum Gasteiger partial charge on any atom is -0.481 e. The van der Waals surface area contributed by atoms with Crippen molar-refractivity contribution in [3.8, 4) is 0 Å². The van der Waals surface area contributed by atoms with Crippen LogP contribution in [0.4, 0.5) is 0 Å². The van der Waals surface area contributed by atoms with E-state index in [1.54, 1.807) is 6.08 Å². The van der Waals surface area contributed by atoms with Gasteiger partial charge in [-0.05, 0) is 103 Å². The maximum Gasteiger partial charge on any atom is 0.303 e. The Bertz CT molecular complexity index is 864. The van der Waals surface area contributed by atoms with Gasteiger partial charge in [-0.1, -0.05) is 217 Å². The van der Waals surface area contributed by atoms with Gasteiger partial charge in [-0.25, -0.2) is 0 Å². The molecule has 0 rings (SSSR count). The van der Waals surface area contributed by atoms with Crippen LogP contribution in [-0.4, -0.2) is 33.2 Å². The molecule has 63 heavy (non-hydrogen) atoms. The second-order valence-electron chi connectivity index (χ2n) is 17.6. The van der Waals surface area contributed by atoms with E-state index < -0.39 is 17.9 Å². The van der Waals surface area contributed by atoms with E-state index in [1.165, 1.54) is 212 Å². The normalized spacial score (nSPS) is 10.9. The number of carboxylic acid groups (broad SMARTS) is 3. The van der Waals surface area contributed by atoms with Gasteiger partial charge in [0.2, 0.25) is 0 Å². The molecule has 6 nitrogen and oxygen atoms in total. The van der Waals surface area contributed by atoms with Gasteiger partial charge >= 0.3 is 17.9 Å². The van der Waals surface area contributed by atoms with E-state index in [2.05, 4.69) is 63.8 Å². The summed E-state index contributed by atoms with van der Waals surface area (Å²) in [5.41, 5.74) is 0. The largest absolute Gasteiger partial charge is 0.481 e. The molecule has 0 saturated carbocycles. The standard InChI is InChI=1S/3C18H34O2.C3H6/c3*1-2-3-4-5-6-7-8-9-10-11-12-13-14-15-16-17-18(19)20;1-3-2/h3*9-10H,2-8,11-17H2,1H3,(H,19,20);3H,1H2,2H3/b3*10-9-;. The summed E-state index contributed by atoms with van der Waals surface area (Å²) >= 11 is 0. The second-order valence-corrected chi connectivity index (χ2v) is 17.6. The van der Waals surface area contributed by atoms with Crippen molar-refractivity contribution in [3.05, 3.63) is 49.1 Å². The van der Waals surface area contributed by atoms with E-state index in [9.17, 15) is 14.4 Å². The molecule has 3 N–H and O–H groups in total. The molecule has 0 radical (unpaired) electrons. The quantitative estimate of drug-likeness (QED) is 0.0415. The van der Waals surface area contributed by atoms with E-state index >= 15 is 0 Å². The number of carboxylic acids is 3. The van der Waals surface area contributed by atoms with Crippen molar-refractivity contribution in [2.75, 3.05) is 0 Å². The van der Waals surface area contributed by atoms with Crippen molar-refractivity contribution in [1.82, 2.24) is 0 Å². The smallest absolute Gasteiger partial charge is 0.303 e. The molecule has 0 heterocycles. The predicted molar refractivity (Wildman–Crippen MR) is 277 cm³/mol. The summed E-state index contributed by atoms with van der Waals surface area (Å²) < 4.78 is 0. The van der Waals surface area contributed by atoms with Crippen molar-refractivity contribution in [1.29, 1.82) is 0 Å². The fourth-order valence-electron chi connectivity index (χ4n) is 7.04. The third-order valence-corrected chi connectivity index (χ3v) is 11.0. The van der Waals surface area contributed by atoms with Crippen LogP contribution in [0, 0.1) is 0 Å². The Morgan fingerprint density at radius 2 is 0.444 bits per heavy atom. The average molecular weight is 889 g/mol. The van der Waals surface area contributed by atoms with Crippen molar-refractivity contribution in [2.45, 2.75) is 297 Å². The Morgan fingerprint density at radius 1 is 0.302 bits per heavy atom. The Kier molecular flexibility index (Phi) is 70.1. The molecule has 372 valence electrons. The summed E-state index contributed by atoms with van der Waals surface area (Å²) in [7, 11) is 0. The Morgan fingerprint density at radius 3 is 0.603 bits per heavy atom. The molecule has 0 aromatic rings. The van der Waals surface area contributed by atoms with Gasteiger partial charge in [0.1, 0.15) is 0 Å². The maximum absolute atomic E-state index is 10.3. The van der Waals surface area contributed by atoms with Gasteiger partial charge in [0.25, 0.3) is 0 Å². The molecular weight excluding hydrogens is 781 g/mol. The first-order valence-corrected chi connectivity index (χ1v) is 26.9. The van der Waals surface area contributed by atoms with E-state index in [0.29, 0.717) is 19.3 Å². The highest BCUT2D eigenvalue weighted by Crippen LogP contribution is 2.13. The number of allylic oxidation sites excluding steroid dienone is 7. The highest BCUT2D eigenvalue weighted by molar-refractivity contribution is 5.67. The molecule has 0 bridgehead atoms. The maximum atomic E-state index is 10.3. The van der Waals surface area contributed by atoms with Crippen molar-refractivity contribution in [2.24, 2.45) is 0 Å². The van der Waals surface area contributed by atoms with Crippen LogP contribution < -0.4 is 0 Å². The van der Waals surface area contributed by atoms with Crippen LogP contribution in [0.15, 0.2) is 49.1 Å². The third-order valence-electron chi connectivity index (χ3n) is 11.0. The lowest BCUT2D eigenvalue weighted by molar-refractivity contribution is -0.138. The predicted octanol–water partition coefficient (Wildman–Crippen LogP) is 19.5. The molecule has 0 amide bonds. The van der Waals surface area contributed by atoms with Gasteiger partial charge in [-0.2, -0.15) is 0 Å². The van der Waals surface area contributed by atoms with Crippen molar-refractivity contribution in [3.63, 3.8) is 0 Å². The molecule has 0 aromatic heterocycles. The van der Waals surface area contributed by atoms with E-state index in [0.717, 1.165) is 38.5 Å². The highest BCUT2D eigenvalue weighted by Gasteiger charge is 1.98. The van der Waals surface area contributed by atoms with Crippen LogP contribution in [0.5, 0.6) is 0 Å². The SMILES string of the molecule is C=CC.CCCCCCCC/C=C\CCCCCCCC(=O)O.CCCCCCCC/C=C\CCCCCCCC(=O)O.CCCCCCCC/C=C\CCCCCCCC(=O)O. The van der Waals surface area contributed by atoms with E-state index in [-0.39, 0.29) is 0 Å². The van der Waals surface area contributed by atoms with Crippen LogP contribution in [0.2, 0.25) is 0 Å². The van der Waals surface area contributed by atoms with Crippen molar-refractivity contribution >= 4 is 17.9 Å². The molecule has 0 saturated heterocycles. The van der Waals surface area contributed by atoms with Gasteiger partial charge < -0.3 is 15.3 Å². The third kappa shape index (κ3) is 83.5. The van der Waals surface area contributed by atoms with Gasteiger partial charge in [-0.3, -0.25) is 14.4 Å². The van der Waals surface area contributed by atoms with E-state index in [1.807, 2.05) is 6.92 Å². The molecule has 0 fully saturated rings. The summed E-state index contributed by atoms with van der Waals surface area (Å²) in [6.45, 7) is 12.0. The van der Waals surface area contributed by atoms with Crippen molar-refractivity contribution < 1.29 is 29.7 Å². The van der Waals surface area contributed by atoms with Crippen LogP contribution >= 0.6 is 0 Å². The first-order valence-electron chi connectivity index (χ1n) is 26.9. The first-order chi connectivity index (χ1) is 30.7. The van der Waals surface area contributed by atoms with Gasteiger partial charge in [-0.15, -0.1) is 6.58 Å². The van der Waals surface area contributed by atoms with E-state index in [4.69, 9.17) is 15.3 Å². The summed E-state index contributed by atoms with van der Waals surface area (Å²) in [6, 6.07) is 0. The number of rotatable bonds is 45. The topological polar surface area (TPSA) is 112 Å². The molecular formula is C57H108O6. The minimum atomic E-state index is -0.664. The number of unbranched alkanes of at least 4 members (excludes halogenated alkanes) is 33. The van der Waals surface area contributed by atoms with Crippen LogP contribution in [0.3, 0.4) is 0 Å². The fraction of sp³-hybridized carbons (Fsp3) is 0.807. The molecule has 6 heteroatoms. The van der Waals surface area contributed by atoms with Crippen LogP contribution in [0.25, 0.3) is 0 Å². The number of hydrogen-bond donors (Lipinski definition) is 3. The summed E-state index contributed by atoms with van der Waals surface area (Å²) in [6.07, 6.45) is 65.5. The lowest BCUT2D eigenvalue weighted by atomic mass is 10.1. The lowest BCUT2D eigenvalue weighted by Crippen LogP contribution is -1.93. The van der Waals surface area contributed by atoms with Crippen LogP contribution in [0.1, 0.15) is 297 Å². The Hall–Kier alpha value is -2.63.